The van der Waals surface area contributed by atoms with E-state index in [1.165, 1.54) is 82.4 Å². The fraction of sp³-hybridized carbons (Fsp3) is 0.714. The van der Waals surface area contributed by atoms with Crippen molar-refractivity contribution in [2.45, 2.75) is 210 Å². The minimum Gasteiger partial charge on any atom is -0.508 e. The SMILES string of the molecule is CC1(C)CCC[C@]2(C)[C@H]3CS(=O)c4cc(O)cc(O)c4[C@]3(C)CC[C@@H]12.CC1(C)CCC[C@]2(C)[C@H]3CS(=O)c4cc(O)cc(O)c4[C@]3(C)CC[C@@H]12.CC1(C)CCC[C@]2(C)[C@H]3CSc4cc(O)cc(O)c4[C@]3(C)CC[C@@H]12. The van der Waals surface area contributed by atoms with Crippen LogP contribution in [0.5, 0.6) is 34.5 Å². The normalized spacial score (nSPS) is 41.6. The Morgan fingerprint density at radius 2 is 0.730 bits per heavy atom. The first kappa shape index (κ1) is 54.5. The topological polar surface area (TPSA) is 156 Å². The quantitative estimate of drug-likeness (QED) is 0.129. The number of phenols is 6. The molecule has 9 aliphatic rings. The zero-order valence-corrected chi connectivity index (χ0v) is 49.3. The summed E-state index contributed by atoms with van der Waals surface area (Å²) in [6.07, 6.45) is 18.1. The number of fused-ring (bicyclic) bond motifs is 15. The number of thioether (sulfide) groups is 1. The molecule has 12 rings (SSSR count). The number of hydrogen-bond acceptors (Lipinski definition) is 9. The van der Waals surface area contributed by atoms with Crippen molar-refractivity contribution < 1.29 is 39.1 Å². The molecule has 0 aromatic heterocycles. The first-order chi connectivity index (χ1) is 34.4. The van der Waals surface area contributed by atoms with Gasteiger partial charge in [0.15, 0.2) is 0 Å². The van der Waals surface area contributed by atoms with E-state index in [1.54, 1.807) is 12.1 Å². The number of benzene rings is 3. The van der Waals surface area contributed by atoms with Gasteiger partial charge in [-0.25, -0.2) is 0 Å². The lowest BCUT2D eigenvalue weighted by molar-refractivity contribution is -0.0982. The third-order valence-electron chi connectivity index (χ3n) is 23.8. The van der Waals surface area contributed by atoms with E-state index in [4.69, 9.17) is 0 Å². The molecule has 3 aromatic rings. The molecule has 6 fully saturated rings. The Hall–Kier alpha value is -2.89. The van der Waals surface area contributed by atoms with Crippen LogP contribution in [-0.4, -0.2) is 56.3 Å². The summed E-state index contributed by atoms with van der Waals surface area (Å²) in [7, 11) is -2.33. The molecule has 0 saturated heterocycles. The Balaban J connectivity index is 0.000000127. The molecule has 0 amide bonds. The summed E-state index contributed by atoms with van der Waals surface area (Å²) < 4.78 is 26.1. The van der Waals surface area contributed by atoms with Gasteiger partial charge in [0.1, 0.15) is 34.5 Å². The predicted molar refractivity (Wildman–Crippen MR) is 301 cm³/mol. The van der Waals surface area contributed by atoms with Gasteiger partial charge in [0.25, 0.3) is 0 Å². The molecule has 3 heterocycles. The van der Waals surface area contributed by atoms with Crippen molar-refractivity contribution in [3.63, 3.8) is 0 Å². The third kappa shape index (κ3) is 8.17. The molecule has 2 unspecified atom stereocenters. The highest BCUT2D eigenvalue weighted by Gasteiger charge is 2.64. The van der Waals surface area contributed by atoms with Gasteiger partial charge in [-0.05, 0) is 163 Å². The zero-order valence-electron chi connectivity index (χ0n) is 46.9. The maximum atomic E-state index is 13.1. The van der Waals surface area contributed by atoms with Crippen molar-refractivity contribution >= 4 is 33.4 Å². The highest BCUT2D eigenvalue weighted by atomic mass is 32.2. The van der Waals surface area contributed by atoms with Gasteiger partial charge in [0, 0.05) is 83.1 Å². The minimum absolute atomic E-state index is 0.00495. The fourth-order valence-electron chi connectivity index (χ4n) is 20.6. The summed E-state index contributed by atoms with van der Waals surface area (Å²) in [5, 5.41) is 61.6. The van der Waals surface area contributed by atoms with Gasteiger partial charge in [0.2, 0.25) is 0 Å². The molecule has 8 nitrogen and oxygen atoms in total. The van der Waals surface area contributed by atoms with Gasteiger partial charge < -0.3 is 30.6 Å². The summed E-state index contributed by atoms with van der Waals surface area (Å²) in [4.78, 5) is 2.38. The smallest absolute Gasteiger partial charge is 0.124 e. The Morgan fingerprint density at radius 1 is 0.405 bits per heavy atom. The molecule has 0 radical (unpaired) electrons. The summed E-state index contributed by atoms with van der Waals surface area (Å²) >= 11 is 1.84. The van der Waals surface area contributed by atoms with E-state index in [1.807, 2.05) is 17.8 Å². The van der Waals surface area contributed by atoms with E-state index in [0.717, 1.165) is 65.4 Å². The molecule has 0 bridgehead atoms. The first-order valence-corrected chi connectivity index (χ1v) is 32.1. The zero-order chi connectivity index (χ0) is 53.7. The molecular weight excluding hydrogens is 981 g/mol. The second kappa shape index (κ2) is 18.1. The van der Waals surface area contributed by atoms with E-state index >= 15 is 0 Å². The highest BCUT2D eigenvalue weighted by molar-refractivity contribution is 7.99. The summed E-state index contributed by atoms with van der Waals surface area (Å²) in [6.45, 7) is 28.8. The van der Waals surface area contributed by atoms with E-state index in [9.17, 15) is 39.1 Å². The van der Waals surface area contributed by atoms with Crippen molar-refractivity contribution in [1.29, 1.82) is 0 Å². The van der Waals surface area contributed by atoms with Crippen molar-refractivity contribution in [1.82, 2.24) is 0 Å². The van der Waals surface area contributed by atoms with Crippen LogP contribution >= 0.6 is 11.8 Å². The Bertz CT molecular complexity index is 2660. The van der Waals surface area contributed by atoms with Gasteiger partial charge in [0.05, 0.1) is 21.6 Å². The molecule has 3 aromatic carbocycles. The maximum absolute atomic E-state index is 13.1. The molecule has 14 atom stereocenters. The molecule has 11 heteroatoms. The standard InChI is InChI=1S/2C21H30O3S.C21H30O2S/c2*1-19(2)7-5-8-20(3)16(19)6-9-21(4)17(20)12-25(24)15-11-13(22)10-14(23)18(15)21;1-19(2)7-5-8-20(3)16(19)6-9-21(4)17(20)12-24-15-11-13(22)10-14(23)18(15)21/h2*10-11,16-17,22-23H,5-9,12H2,1-4H3;10-11,16-17,22-23H,5-9,12H2,1-4H3/t2*16-,17+,20-,21+,25?;16-,17+,20-,21+/m000/s1. The summed E-state index contributed by atoms with van der Waals surface area (Å²) in [5.74, 6) is 6.39. The third-order valence-corrected chi connectivity index (χ3v) is 27.9. The Labute approximate surface area is 453 Å². The molecule has 408 valence electrons. The van der Waals surface area contributed by atoms with Crippen LogP contribution in [0.25, 0.3) is 0 Å². The van der Waals surface area contributed by atoms with Crippen LogP contribution in [0.15, 0.2) is 51.1 Å². The minimum atomic E-state index is -1.17. The first-order valence-electron chi connectivity index (χ1n) is 28.5. The number of phenolic OH excluding ortho intramolecular Hbond substituents is 6. The van der Waals surface area contributed by atoms with Crippen molar-refractivity contribution in [3.05, 3.63) is 53.1 Å². The largest absolute Gasteiger partial charge is 0.508 e. The van der Waals surface area contributed by atoms with Gasteiger partial charge in [-0.15, -0.1) is 11.8 Å². The van der Waals surface area contributed by atoms with Gasteiger partial charge >= 0.3 is 0 Å². The van der Waals surface area contributed by atoms with Crippen molar-refractivity contribution in [2.24, 2.45) is 68.0 Å². The van der Waals surface area contributed by atoms with Crippen molar-refractivity contribution in [3.8, 4) is 34.5 Å². The predicted octanol–water partition coefficient (Wildman–Crippen LogP) is 15.1. The van der Waals surface area contributed by atoms with Crippen LogP contribution in [0, 0.1) is 68.0 Å². The molecule has 6 N–H and O–H groups in total. The average Bonchev–Trinajstić information content (AvgIpc) is 3.27. The summed E-state index contributed by atoms with van der Waals surface area (Å²) in [6, 6.07) is 9.43. The van der Waals surface area contributed by atoms with E-state index in [2.05, 4.69) is 83.1 Å². The van der Waals surface area contributed by atoms with Crippen LogP contribution in [-0.2, 0) is 37.8 Å². The number of rotatable bonds is 0. The van der Waals surface area contributed by atoms with E-state index < -0.39 is 21.6 Å². The van der Waals surface area contributed by atoms with Gasteiger partial charge in [-0.2, -0.15) is 0 Å². The average molecular weight is 1070 g/mol. The second-order valence-corrected chi connectivity index (χ2v) is 33.1. The van der Waals surface area contributed by atoms with Crippen LogP contribution in [0.2, 0.25) is 0 Å². The summed E-state index contributed by atoms with van der Waals surface area (Å²) in [5.41, 5.74) is 4.21. The molecule has 74 heavy (non-hydrogen) atoms. The van der Waals surface area contributed by atoms with Crippen molar-refractivity contribution in [2.75, 3.05) is 17.3 Å². The molecular formula is C63H90O8S3. The molecule has 6 saturated carbocycles. The fourth-order valence-corrected chi connectivity index (χ4v) is 26.5. The molecule has 6 aliphatic carbocycles. The Morgan fingerprint density at radius 3 is 1.11 bits per heavy atom. The monoisotopic (exact) mass is 1070 g/mol. The molecule has 0 spiro atoms. The molecule has 3 aliphatic heterocycles. The van der Waals surface area contributed by atoms with Crippen LogP contribution in [0.3, 0.4) is 0 Å². The highest BCUT2D eigenvalue weighted by Crippen LogP contribution is 2.71. The van der Waals surface area contributed by atoms with Crippen LogP contribution in [0.4, 0.5) is 0 Å². The van der Waals surface area contributed by atoms with Crippen LogP contribution in [0.1, 0.15) is 196 Å². The van der Waals surface area contributed by atoms with Crippen LogP contribution < -0.4 is 0 Å². The van der Waals surface area contributed by atoms with E-state index in [0.29, 0.717) is 78.3 Å². The Kier molecular flexibility index (Phi) is 13.3. The number of hydrogen-bond donors (Lipinski definition) is 6. The van der Waals surface area contributed by atoms with Gasteiger partial charge in [-0.3, -0.25) is 8.42 Å². The second-order valence-electron chi connectivity index (χ2n) is 29.1. The van der Waals surface area contributed by atoms with Gasteiger partial charge in [-0.1, -0.05) is 102 Å². The maximum Gasteiger partial charge on any atom is 0.124 e. The number of aromatic hydroxyl groups is 6. The lowest BCUT2D eigenvalue weighted by Crippen LogP contribution is -2.59. The lowest BCUT2D eigenvalue weighted by Gasteiger charge is -2.64. The van der Waals surface area contributed by atoms with E-state index in [-0.39, 0.29) is 55.8 Å². The lowest BCUT2D eigenvalue weighted by atomic mass is 9.43.